The van der Waals surface area contributed by atoms with Crippen molar-refractivity contribution >= 4 is 5.91 Å². The molecule has 2 aliphatic rings. The standard InChI is InChI=1S/C28H31N3O2/c32-27-24-13-11-23(12-14-25(24)29-26(30-27)22-9-5-2-6-10-22)28(33)31-17-15-21(16-18-31)19-20-7-3-1-4-8-20/h1-10,21,23H,11-19H2,(H,29,30,32). The molecule has 0 bridgehead atoms. The van der Waals surface area contributed by atoms with Gasteiger partial charge in [0.05, 0.1) is 5.69 Å². The van der Waals surface area contributed by atoms with Gasteiger partial charge in [0.25, 0.3) is 5.56 Å². The van der Waals surface area contributed by atoms with Crippen molar-refractivity contribution in [3.63, 3.8) is 0 Å². The average molecular weight is 442 g/mol. The maximum atomic E-state index is 13.3. The molecule has 1 atom stereocenters. The number of hydrogen-bond acceptors (Lipinski definition) is 3. The lowest BCUT2D eigenvalue weighted by atomic mass is 9.89. The number of aromatic amines is 1. The first kappa shape index (κ1) is 21.6. The van der Waals surface area contributed by atoms with E-state index in [1.54, 1.807) is 0 Å². The van der Waals surface area contributed by atoms with Crippen molar-refractivity contribution in [3.8, 4) is 11.4 Å². The van der Waals surface area contributed by atoms with Crippen molar-refractivity contribution in [3.05, 3.63) is 87.8 Å². The first-order valence-corrected chi connectivity index (χ1v) is 12.2. The van der Waals surface area contributed by atoms with Crippen LogP contribution in [-0.2, 0) is 24.1 Å². The van der Waals surface area contributed by atoms with Gasteiger partial charge in [-0.2, -0.15) is 0 Å². The van der Waals surface area contributed by atoms with Crippen molar-refractivity contribution in [1.29, 1.82) is 0 Å². The zero-order valence-electron chi connectivity index (χ0n) is 19.0. The number of likely N-dealkylation sites (tertiary alicyclic amines) is 1. The molecule has 0 radical (unpaired) electrons. The van der Waals surface area contributed by atoms with Crippen LogP contribution in [0.15, 0.2) is 65.5 Å². The third-order valence-corrected chi connectivity index (χ3v) is 7.26. The number of fused-ring (bicyclic) bond motifs is 1. The van der Waals surface area contributed by atoms with Crippen LogP contribution in [0.1, 0.15) is 42.5 Å². The van der Waals surface area contributed by atoms with Crippen molar-refractivity contribution in [2.75, 3.05) is 13.1 Å². The fraction of sp³-hybridized carbons (Fsp3) is 0.393. The van der Waals surface area contributed by atoms with Crippen LogP contribution in [0.25, 0.3) is 11.4 Å². The molecule has 1 aliphatic carbocycles. The molecule has 1 aliphatic heterocycles. The predicted molar refractivity (Wildman–Crippen MR) is 130 cm³/mol. The van der Waals surface area contributed by atoms with E-state index in [-0.39, 0.29) is 17.4 Å². The maximum absolute atomic E-state index is 13.3. The van der Waals surface area contributed by atoms with Gasteiger partial charge in [-0.1, -0.05) is 60.7 Å². The molecular formula is C28H31N3O2. The first-order valence-electron chi connectivity index (χ1n) is 12.2. The molecule has 1 aromatic heterocycles. The number of benzene rings is 2. The minimum absolute atomic E-state index is 0.0237. The number of nitrogens with one attached hydrogen (secondary N) is 1. The zero-order chi connectivity index (χ0) is 22.6. The lowest BCUT2D eigenvalue weighted by Gasteiger charge is -2.34. The SMILES string of the molecule is O=C(C1CCc2nc(-c3ccccc3)[nH]c(=O)c2CC1)N1CCC(Cc2ccccc2)CC1. The van der Waals surface area contributed by atoms with Crippen LogP contribution in [0.4, 0.5) is 0 Å². The molecule has 5 nitrogen and oxygen atoms in total. The highest BCUT2D eigenvalue weighted by Gasteiger charge is 2.30. The van der Waals surface area contributed by atoms with Gasteiger partial charge in [0.15, 0.2) is 0 Å². The van der Waals surface area contributed by atoms with Crippen molar-refractivity contribution < 1.29 is 4.79 Å². The van der Waals surface area contributed by atoms with Crippen molar-refractivity contribution in [2.24, 2.45) is 11.8 Å². The van der Waals surface area contributed by atoms with Gasteiger partial charge in [0.2, 0.25) is 5.91 Å². The number of amides is 1. The van der Waals surface area contributed by atoms with Crippen molar-refractivity contribution in [1.82, 2.24) is 14.9 Å². The largest absolute Gasteiger partial charge is 0.342 e. The van der Waals surface area contributed by atoms with E-state index >= 15 is 0 Å². The number of piperidine rings is 1. The number of rotatable bonds is 4. The summed E-state index contributed by atoms with van der Waals surface area (Å²) in [4.78, 5) is 35.9. The Kier molecular flexibility index (Phi) is 6.38. The molecule has 0 saturated carbocycles. The minimum atomic E-state index is -0.0614. The Morgan fingerprint density at radius 1 is 0.909 bits per heavy atom. The molecule has 3 aromatic rings. The Hall–Kier alpha value is -3.21. The van der Waals surface area contributed by atoms with Crippen LogP contribution in [0.2, 0.25) is 0 Å². The topological polar surface area (TPSA) is 66.1 Å². The molecule has 1 N–H and O–H groups in total. The van der Waals surface area contributed by atoms with Crippen LogP contribution < -0.4 is 5.56 Å². The normalized spacial score (nSPS) is 19.0. The molecule has 5 rings (SSSR count). The van der Waals surface area contributed by atoms with Gasteiger partial charge in [0, 0.05) is 30.1 Å². The van der Waals surface area contributed by atoms with Gasteiger partial charge in [-0.25, -0.2) is 4.98 Å². The van der Waals surface area contributed by atoms with Crippen LogP contribution in [0.5, 0.6) is 0 Å². The summed E-state index contributed by atoms with van der Waals surface area (Å²) in [7, 11) is 0. The second-order valence-electron chi connectivity index (χ2n) is 9.44. The van der Waals surface area contributed by atoms with Gasteiger partial charge in [0.1, 0.15) is 5.82 Å². The van der Waals surface area contributed by atoms with Gasteiger partial charge in [-0.3, -0.25) is 9.59 Å². The summed E-state index contributed by atoms with van der Waals surface area (Å²) in [5.74, 6) is 1.50. The first-order chi connectivity index (χ1) is 16.2. The number of nitrogens with zero attached hydrogens (tertiary/aromatic N) is 2. The number of carbonyl (C=O) groups is 1. The van der Waals surface area contributed by atoms with E-state index < -0.39 is 0 Å². The molecule has 5 heteroatoms. The van der Waals surface area contributed by atoms with E-state index in [1.807, 2.05) is 30.3 Å². The third kappa shape index (κ3) is 4.92. The highest BCUT2D eigenvalue weighted by Crippen LogP contribution is 2.28. The Morgan fingerprint density at radius 2 is 1.58 bits per heavy atom. The Morgan fingerprint density at radius 3 is 2.30 bits per heavy atom. The molecule has 33 heavy (non-hydrogen) atoms. The second-order valence-corrected chi connectivity index (χ2v) is 9.44. The average Bonchev–Trinajstić information content (AvgIpc) is 3.08. The molecular weight excluding hydrogens is 410 g/mol. The molecule has 170 valence electrons. The summed E-state index contributed by atoms with van der Waals surface area (Å²) < 4.78 is 0. The van der Waals surface area contributed by atoms with Crippen molar-refractivity contribution in [2.45, 2.75) is 44.9 Å². The number of H-pyrrole nitrogens is 1. The lowest BCUT2D eigenvalue weighted by Crippen LogP contribution is -2.42. The van der Waals surface area contributed by atoms with E-state index in [9.17, 15) is 9.59 Å². The molecule has 2 heterocycles. The quantitative estimate of drug-likeness (QED) is 0.610. The molecule has 1 unspecified atom stereocenters. The lowest BCUT2D eigenvalue weighted by molar-refractivity contribution is -0.137. The van der Waals surface area contributed by atoms with Crippen LogP contribution in [0.3, 0.4) is 0 Å². The molecule has 1 fully saturated rings. The van der Waals surface area contributed by atoms with E-state index in [0.29, 0.717) is 24.6 Å². The maximum Gasteiger partial charge on any atom is 0.254 e. The second kappa shape index (κ2) is 9.74. The van der Waals surface area contributed by atoms with E-state index in [0.717, 1.165) is 62.0 Å². The van der Waals surface area contributed by atoms with Gasteiger partial charge in [-0.15, -0.1) is 0 Å². The van der Waals surface area contributed by atoms with E-state index in [4.69, 9.17) is 4.98 Å². The molecule has 1 saturated heterocycles. The van der Waals surface area contributed by atoms with Gasteiger partial charge in [-0.05, 0) is 56.4 Å². The number of carbonyl (C=O) groups excluding carboxylic acids is 1. The van der Waals surface area contributed by atoms with E-state index in [1.165, 1.54) is 5.56 Å². The summed E-state index contributed by atoms with van der Waals surface area (Å²) in [6, 6.07) is 20.4. The Balaban J connectivity index is 1.21. The summed E-state index contributed by atoms with van der Waals surface area (Å²) in [6.07, 6.45) is 6.02. The van der Waals surface area contributed by atoms with Crippen LogP contribution >= 0.6 is 0 Å². The summed E-state index contributed by atoms with van der Waals surface area (Å²) >= 11 is 0. The van der Waals surface area contributed by atoms with Gasteiger partial charge >= 0.3 is 0 Å². The summed E-state index contributed by atoms with van der Waals surface area (Å²) in [6.45, 7) is 1.69. The number of hydrogen-bond donors (Lipinski definition) is 1. The summed E-state index contributed by atoms with van der Waals surface area (Å²) in [5.41, 5.74) is 3.85. The highest BCUT2D eigenvalue weighted by molar-refractivity contribution is 5.79. The van der Waals surface area contributed by atoms with Crippen LogP contribution in [-0.4, -0.2) is 33.9 Å². The monoisotopic (exact) mass is 441 g/mol. The zero-order valence-corrected chi connectivity index (χ0v) is 19.0. The Bertz CT molecular complexity index is 1150. The minimum Gasteiger partial charge on any atom is -0.342 e. The third-order valence-electron chi connectivity index (χ3n) is 7.26. The fourth-order valence-electron chi connectivity index (χ4n) is 5.33. The number of aromatic nitrogens is 2. The molecule has 2 aromatic carbocycles. The smallest absolute Gasteiger partial charge is 0.254 e. The highest BCUT2D eigenvalue weighted by atomic mass is 16.2. The van der Waals surface area contributed by atoms with Gasteiger partial charge < -0.3 is 9.88 Å². The summed E-state index contributed by atoms with van der Waals surface area (Å²) in [5, 5.41) is 0. The fourth-order valence-corrected chi connectivity index (χ4v) is 5.33. The molecule has 0 spiro atoms. The molecule has 1 amide bonds. The predicted octanol–water partition coefficient (Wildman–Crippen LogP) is 4.41. The Labute approximate surface area is 194 Å². The van der Waals surface area contributed by atoms with E-state index in [2.05, 4.69) is 40.2 Å². The number of aryl methyl sites for hydroxylation is 1. The van der Waals surface area contributed by atoms with Crippen LogP contribution in [0, 0.1) is 11.8 Å².